The van der Waals surface area contributed by atoms with Gasteiger partial charge in [0.2, 0.25) is 0 Å². The Balaban J connectivity index is 1.92. The molecule has 0 aromatic rings. The van der Waals surface area contributed by atoms with Gasteiger partial charge in [-0.1, -0.05) is 32.9 Å². The van der Waals surface area contributed by atoms with Gasteiger partial charge in [-0.3, -0.25) is 9.59 Å². The molecule has 0 radical (unpaired) electrons. The van der Waals surface area contributed by atoms with Crippen molar-refractivity contribution in [2.45, 2.75) is 53.1 Å². The Bertz CT molecular complexity index is 698. The number of ketones is 2. The standard InChI is InChI=1S/C20H26O3/c1-10-6-13-15(18(13,4)5)9-20(23)12(3)7-14-16(21)11(2)8-19(14,20)17(10)22/h7-8,10,13-15,23H,6,9H2,1-5H3/t10-,13-,14+,15+,19-,20+/m1/s1. The molecule has 2 fully saturated rings. The van der Waals surface area contributed by atoms with E-state index in [1.54, 1.807) is 6.92 Å². The fourth-order valence-corrected chi connectivity index (χ4v) is 5.96. The van der Waals surface area contributed by atoms with E-state index in [0.29, 0.717) is 23.8 Å². The molecule has 0 aromatic heterocycles. The summed E-state index contributed by atoms with van der Waals surface area (Å²) in [5, 5.41) is 11.7. The van der Waals surface area contributed by atoms with Gasteiger partial charge in [-0.2, -0.15) is 0 Å². The molecule has 0 heterocycles. The predicted molar refractivity (Wildman–Crippen MR) is 87.6 cm³/mol. The fourth-order valence-electron chi connectivity index (χ4n) is 5.96. The Morgan fingerprint density at radius 1 is 1.17 bits per heavy atom. The maximum absolute atomic E-state index is 13.4. The van der Waals surface area contributed by atoms with E-state index in [0.717, 1.165) is 12.0 Å². The molecule has 1 N–H and O–H groups in total. The van der Waals surface area contributed by atoms with Crippen molar-refractivity contribution < 1.29 is 14.7 Å². The third-order valence-electron chi connectivity index (χ3n) is 7.63. The van der Waals surface area contributed by atoms with Crippen LogP contribution in [0.5, 0.6) is 0 Å². The molecule has 4 rings (SSSR count). The number of hydrogen-bond acceptors (Lipinski definition) is 3. The summed E-state index contributed by atoms with van der Waals surface area (Å²) in [6.07, 6.45) is 5.15. The second-order valence-corrected chi connectivity index (χ2v) is 8.99. The number of fused-ring (bicyclic) bond motifs is 1. The van der Waals surface area contributed by atoms with Crippen LogP contribution in [0.4, 0.5) is 0 Å². The minimum Gasteiger partial charge on any atom is -0.384 e. The highest BCUT2D eigenvalue weighted by atomic mass is 16.3. The van der Waals surface area contributed by atoms with Crippen LogP contribution in [0, 0.1) is 34.5 Å². The summed E-state index contributed by atoms with van der Waals surface area (Å²) in [6, 6.07) is 0. The molecule has 3 nitrogen and oxygen atoms in total. The molecular formula is C20H26O3. The zero-order valence-corrected chi connectivity index (χ0v) is 14.6. The van der Waals surface area contributed by atoms with Crippen LogP contribution >= 0.6 is 0 Å². The smallest absolute Gasteiger partial charge is 0.166 e. The SMILES string of the molecule is CC1=C[C@@]23C(=O)[C@H](C)C[C@@H]4[C@H](C[C@]2(O)C(C)=C[C@H]3C1=O)C4(C)C. The molecule has 23 heavy (non-hydrogen) atoms. The first kappa shape index (κ1) is 15.3. The van der Waals surface area contributed by atoms with E-state index in [4.69, 9.17) is 0 Å². The highest BCUT2D eigenvalue weighted by Gasteiger charge is 2.72. The maximum Gasteiger partial charge on any atom is 0.166 e. The van der Waals surface area contributed by atoms with E-state index in [-0.39, 0.29) is 22.9 Å². The first-order valence-electron chi connectivity index (χ1n) is 8.76. The third kappa shape index (κ3) is 1.51. The zero-order valence-electron chi connectivity index (χ0n) is 14.6. The topological polar surface area (TPSA) is 54.4 Å². The van der Waals surface area contributed by atoms with Gasteiger partial charge in [0, 0.05) is 5.92 Å². The van der Waals surface area contributed by atoms with Crippen LogP contribution in [0.1, 0.15) is 47.5 Å². The van der Waals surface area contributed by atoms with E-state index in [1.165, 1.54) is 0 Å². The van der Waals surface area contributed by atoms with Crippen molar-refractivity contribution in [1.29, 1.82) is 0 Å². The second-order valence-electron chi connectivity index (χ2n) is 8.99. The number of aliphatic hydroxyl groups is 1. The average Bonchev–Trinajstić information content (AvgIpc) is 2.73. The molecule has 0 saturated heterocycles. The Morgan fingerprint density at radius 2 is 1.83 bits per heavy atom. The van der Waals surface area contributed by atoms with Gasteiger partial charge in [0.05, 0.1) is 11.3 Å². The van der Waals surface area contributed by atoms with Gasteiger partial charge >= 0.3 is 0 Å². The highest BCUT2D eigenvalue weighted by molar-refractivity contribution is 6.10. The lowest BCUT2D eigenvalue weighted by molar-refractivity contribution is -0.148. The molecule has 0 unspecified atom stereocenters. The monoisotopic (exact) mass is 314 g/mol. The number of hydrogen-bond donors (Lipinski definition) is 1. The number of carbonyl (C=O) groups excluding carboxylic acids is 2. The van der Waals surface area contributed by atoms with E-state index in [9.17, 15) is 14.7 Å². The lowest BCUT2D eigenvalue weighted by Gasteiger charge is -2.44. The molecule has 0 amide bonds. The Kier molecular flexibility index (Phi) is 2.70. The summed E-state index contributed by atoms with van der Waals surface area (Å²) < 4.78 is 0. The summed E-state index contributed by atoms with van der Waals surface area (Å²) in [7, 11) is 0. The molecule has 0 bridgehead atoms. The summed E-state index contributed by atoms with van der Waals surface area (Å²) in [4.78, 5) is 26.0. The normalized spacial score (nSPS) is 50.3. The van der Waals surface area contributed by atoms with Crippen LogP contribution in [0.3, 0.4) is 0 Å². The Labute approximate surface area is 137 Å². The van der Waals surface area contributed by atoms with Crippen molar-refractivity contribution in [2.24, 2.45) is 34.5 Å². The van der Waals surface area contributed by atoms with Gasteiger partial charge in [-0.05, 0) is 55.1 Å². The minimum atomic E-state index is -1.20. The van der Waals surface area contributed by atoms with Crippen molar-refractivity contribution >= 4 is 11.6 Å². The number of allylic oxidation sites excluding steroid dienone is 2. The van der Waals surface area contributed by atoms with Gasteiger partial charge in [0.1, 0.15) is 11.4 Å². The molecule has 1 spiro atoms. The maximum atomic E-state index is 13.4. The molecular weight excluding hydrogens is 288 g/mol. The third-order valence-corrected chi connectivity index (χ3v) is 7.63. The Hall–Kier alpha value is -1.22. The summed E-state index contributed by atoms with van der Waals surface area (Å²) >= 11 is 0. The largest absolute Gasteiger partial charge is 0.384 e. The van der Waals surface area contributed by atoms with Gasteiger partial charge in [0.15, 0.2) is 5.78 Å². The van der Waals surface area contributed by atoms with Crippen LogP contribution in [0.25, 0.3) is 0 Å². The predicted octanol–water partition coefficient (Wildman–Crippen LogP) is 3.08. The molecule has 6 atom stereocenters. The first-order valence-corrected chi connectivity index (χ1v) is 8.76. The molecule has 2 saturated carbocycles. The number of rotatable bonds is 0. The molecule has 124 valence electrons. The minimum absolute atomic E-state index is 0.00741. The van der Waals surface area contributed by atoms with E-state index >= 15 is 0 Å². The number of carbonyl (C=O) groups is 2. The van der Waals surface area contributed by atoms with Gasteiger partial charge in [-0.25, -0.2) is 0 Å². The van der Waals surface area contributed by atoms with Gasteiger partial charge in [-0.15, -0.1) is 0 Å². The van der Waals surface area contributed by atoms with Crippen molar-refractivity contribution in [3.8, 4) is 0 Å². The number of Topliss-reactive ketones (excluding diaryl/α,β-unsaturated/α-hetero) is 2. The summed E-state index contributed by atoms with van der Waals surface area (Å²) in [5.74, 6) is 0.370. The summed E-state index contributed by atoms with van der Waals surface area (Å²) in [5.41, 5.74) is -0.641. The average molecular weight is 314 g/mol. The molecule has 4 aliphatic rings. The summed E-state index contributed by atoms with van der Waals surface area (Å²) in [6.45, 7) is 10.1. The first-order chi connectivity index (χ1) is 10.6. The zero-order chi connectivity index (χ0) is 16.9. The molecule has 0 aliphatic heterocycles. The van der Waals surface area contributed by atoms with Crippen LogP contribution in [0.2, 0.25) is 0 Å². The van der Waals surface area contributed by atoms with Gasteiger partial charge < -0.3 is 5.11 Å². The highest BCUT2D eigenvalue weighted by Crippen LogP contribution is 2.70. The van der Waals surface area contributed by atoms with Crippen molar-refractivity contribution in [3.63, 3.8) is 0 Å². The van der Waals surface area contributed by atoms with Crippen molar-refractivity contribution in [2.75, 3.05) is 0 Å². The van der Waals surface area contributed by atoms with Crippen LogP contribution in [-0.2, 0) is 9.59 Å². The molecule has 3 heteroatoms. The van der Waals surface area contributed by atoms with E-state index in [1.807, 2.05) is 26.0 Å². The van der Waals surface area contributed by atoms with Crippen LogP contribution < -0.4 is 0 Å². The fraction of sp³-hybridized carbons (Fsp3) is 0.700. The second kappa shape index (κ2) is 4.05. The lowest BCUT2D eigenvalue weighted by atomic mass is 9.60. The van der Waals surface area contributed by atoms with Crippen molar-refractivity contribution in [3.05, 3.63) is 23.3 Å². The molecule has 4 aliphatic carbocycles. The van der Waals surface area contributed by atoms with Crippen molar-refractivity contribution in [1.82, 2.24) is 0 Å². The van der Waals surface area contributed by atoms with Crippen LogP contribution in [-0.4, -0.2) is 22.3 Å². The Morgan fingerprint density at radius 3 is 2.48 bits per heavy atom. The molecule has 0 aromatic carbocycles. The van der Waals surface area contributed by atoms with Gasteiger partial charge in [0.25, 0.3) is 0 Å². The lowest BCUT2D eigenvalue weighted by Crippen LogP contribution is -2.55. The quantitative estimate of drug-likeness (QED) is 0.699. The van der Waals surface area contributed by atoms with Crippen LogP contribution in [0.15, 0.2) is 23.3 Å². The van der Waals surface area contributed by atoms with E-state index in [2.05, 4.69) is 13.8 Å². The van der Waals surface area contributed by atoms with E-state index < -0.39 is 16.9 Å².